The topological polar surface area (TPSA) is 75.3 Å². The average molecular weight is 512 g/mol. The summed E-state index contributed by atoms with van der Waals surface area (Å²) in [5.41, 5.74) is 6.97. The largest absolute Gasteiger partial charge is 0.507 e. The molecule has 0 saturated heterocycles. The van der Waals surface area contributed by atoms with E-state index in [0.29, 0.717) is 15.8 Å². The summed E-state index contributed by atoms with van der Waals surface area (Å²) >= 11 is 8.73. The van der Waals surface area contributed by atoms with Gasteiger partial charge in [-0.15, -0.1) is 0 Å². The summed E-state index contributed by atoms with van der Waals surface area (Å²) in [6.07, 6.45) is 0. The van der Waals surface area contributed by atoms with Crippen molar-refractivity contribution < 1.29 is 9.90 Å². The van der Waals surface area contributed by atoms with Gasteiger partial charge < -0.3 is 16.2 Å². The van der Waals surface area contributed by atoms with Gasteiger partial charge >= 0.3 is 0 Å². The van der Waals surface area contributed by atoms with Crippen LogP contribution in [-0.4, -0.2) is 11.0 Å². The summed E-state index contributed by atoms with van der Waals surface area (Å²) in [5.74, 6) is -0.495. The number of nitrogen functional groups attached to an aromatic ring is 1. The van der Waals surface area contributed by atoms with Gasteiger partial charge in [-0.05, 0) is 68.9 Å². The summed E-state index contributed by atoms with van der Waals surface area (Å²) in [7, 11) is 0. The minimum atomic E-state index is -0.421. The minimum absolute atomic E-state index is 0.0743. The van der Waals surface area contributed by atoms with Crippen molar-refractivity contribution in [1.29, 1.82) is 0 Å². The molecule has 0 atom stereocenters. The van der Waals surface area contributed by atoms with Crippen LogP contribution < -0.4 is 11.1 Å². The maximum atomic E-state index is 12.2. The third-order valence-corrected chi connectivity index (χ3v) is 4.28. The lowest BCUT2D eigenvalue weighted by molar-refractivity contribution is 0.102. The van der Waals surface area contributed by atoms with Gasteiger partial charge in [-0.2, -0.15) is 0 Å². The molecule has 0 fully saturated rings. The van der Waals surface area contributed by atoms with Crippen molar-refractivity contribution in [2.24, 2.45) is 0 Å². The van der Waals surface area contributed by atoms with Crippen molar-refractivity contribution in [1.82, 2.24) is 0 Å². The van der Waals surface area contributed by atoms with E-state index in [-0.39, 0.29) is 11.3 Å². The van der Waals surface area contributed by atoms with Gasteiger partial charge in [0.25, 0.3) is 5.91 Å². The molecule has 104 valence electrons. The normalized spacial score (nSPS) is 10.3. The van der Waals surface area contributed by atoms with E-state index in [1.807, 2.05) is 0 Å². The molecule has 0 radical (unpaired) electrons. The highest BCUT2D eigenvalue weighted by Gasteiger charge is 2.15. The molecule has 2 aromatic carbocycles. The van der Waals surface area contributed by atoms with Crippen LogP contribution in [0.1, 0.15) is 10.4 Å². The van der Waals surface area contributed by atoms with Gasteiger partial charge in [0.05, 0.1) is 16.9 Å². The van der Waals surface area contributed by atoms with Crippen molar-refractivity contribution >= 4 is 71.7 Å². The number of halogens is 3. The smallest absolute Gasteiger partial charge is 0.259 e. The fourth-order valence-corrected chi connectivity index (χ4v) is 3.44. The quantitative estimate of drug-likeness (QED) is 0.414. The maximum absolute atomic E-state index is 12.2. The Balaban J connectivity index is 2.35. The molecule has 2 aromatic rings. The molecule has 0 saturated carbocycles. The lowest BCUT2D eigenvalue weighted by Gasteiger charge is -2.12. The Morgan fingerprint density at radius 2 is 1.95 bits per heavy atom. The zero-order valence-corrected chi connectivity index (χ0v) is 15.3. The molecular weight excluding hydrogens is 503 g/mol. The van der Waals surface area contributed by atoms with Crippen LogP contribution in [0.25, 0.3) is 0 Å². The fourth-order valence-electron chi connectivity index (χ4n) is 1.60. The number of benzene rings is 2. The molecule has 0 aromatic heterocycles. The Morgan fingerprint density at radius 3 is 2.60 bits per heavy atom. The van der Waals surface area contributed by atoms with Crippen LogP contribution in [-0.2, 0) is 0 Å². The van der Waals surface area contributed by atoms with Crippen molar-refractivity contribution in [3.8, 4) is 5.75 Å². The zero-order valence-electron chi connectivity index (χ0n) is 9.95. The average Bonchev–Trinajstić information content (AvgIpc) is 2.36. The van der Waals surface area contributed by atoms with Gasteiger partial charge in [-0.3, -0.25) is 4.79 Å². The third kappa shape index (κ3) is 3.44. The van der Waals surface area contributed by atoms with E-state index >= 15 is 0 Å². The molecule has 0 spiro atoms. The van der Waals surface area contributed by atoms with Gasteiger partial charge in [0.15, 0.2) is 0 Å². The molecule has 0 aliphatic carbocycles. The van der Waals surface area contributed by atoms with Gasteiger partial charge in [0.1, 0.15) is 5.75 Å². The summed E-state index contributed by atoms with van der Waals surface area (Å²) in [4.78, 5) is 12.2. The number of hydrogen-bond donors (Lipinski definition) is 3. The maximum Gasteiger partial charge on any atom is 0.259 e. The summed E-state index contributed by atoms with van der Waals surface area (Å²) in [6, 6.07) is 8.27. The number of nitrogens with one attached hydrogen (secondary N) is 1. The predicted octanol–water partition coefficient (Wildman–Crippen LogP) is 4.36. The highest BCUT2D eigenvalue weighted by atomic mass is 127. The van der Waals surface area contributed by atoms with Gasteiger partial charge in [-0.1, -0.05) is 15.9 Å². The molecule has 4 N–H and O–H groups in total. The standard InChI is InChI=1S/C13H9Br2IN2O2/c14-6-3-9(15)12(10(17)4-6)18-13(20)8-5-7(16)1-2-11(8)19/h1-5,19H,17H2,(H,18,20). The van der Waals surface area contributed by atoms with Crippen LogP contribution in [0, 0.1) is 3.57 Å². The first-order chi connectivity index (χ1) is 9.38. The minimum Gasteiger partial charge on any atom is -0.507 e. The Kier molecular flexibility index (Phi) is 4.92. The Hall–Kier alpha value is -0.800. The van der Waals surface area contributed by atoms with E-state index in [4.69, 9.17) is 5.73 Å². The van der Waals surface area contributed by atoms with Crippen LogP contribution in [0.5, 0.6) is 5.75 Å². The first kappa shape index (κ1) is 15.6. The second-order valence-electron chi connectivity index (χ2n) is 3.97. The van der Waals surface area contributed by atoms with E-state index in [9.17, 15) is 9.90 Å². The molecule has 7 heteroatoms. The molecule has 0 aliphatic heterocycles. The van der Waals surface area contributed by atoms with E-state index < -0.39 is 5.91 Å². The Bertz CT molecular complexity index is 669. The number of phenols is 1. The molecule has 0 heterocycles. The number of phenolic OH excluding ortho intramolecular Hbond substituents is 1. The highest BCUT2D eigenvalue weighted by molar-refractivity contribution is 14.1. The summed E-state index contributed by atoms with van der Waals surface area (Å²) < 4.78 is 2.31. The molecule has 4 nitrogen and oxygen atoms in total. The van der Waals surface area contributed by atoms with Crippen molar-refractivity contribution in [3.63, 3.8) is 0 Å². The van der Waals surface area contributed by atoms with Crippen LogP contribution in [0.2, 0.25) is 0 Å². The van der Waals surface area contributed by atoms with E-state index in [1.165, 1.54) is 6.07 Å². The highest BCUT2D eigenvalue weighted by Crippen LogP contribution is 2.33. The number of anilines is 2. The lowest BCUT2D eigenvalue weighted by Crippen LogP contribution is -2.14. The van der Waals surface area contributed by atoms with E-state index in [1.54, 1.807) is 24.3 Å². The number of carbonyl (C=O) groups is 1. The van der Waals surface area contributed by atoms with Crippen LogP contribution in [0.15, 0.2) is 39.3 Å². The van der Waals surface area contributed by atoms with Crippen molar-refractivity contribution in [3.05, 3.63) is 48.4 Å². The zero-order chi connectivity index (χ0) is 14.9. The van der Waals surface area contributed by atoms with Crippen LogP contribution in [0.4, 0.5) is 11.4 Å². The molecule has 1 amide bonds. The molecule has 0 aliphatic rings. The van der Waals surface area contributed by atoms with Crippen LogP contribution in [0.3, 0.4) is 0 Å². The van der Waals surface area contributed by atoms with Gasteiger partial charge in [0.2, 0.25) is 0 Å². The molecule has 0 bridgehead atoms. The van der Waals surface area contributed by atoms with E-state index in [0.717, 1.165) is 8.04 Å². The van der Waals surface area contributed by atoms with Crippen molar-refractivity contribution in [2.75, 3.05) is 11.1 Å². The molecule has 2 rings (SSSR count). The summed E-state index contributed by atoms with van der Waals surface area (Å²) in [6.45, 7) is 0. The number of aromatic hydroxyl groups is 1. The van der Waals surface area contributed by atoms with Gasteiger partial charge in [0, 0.05) is 12.5 Å². The molecular formula is C13H9Br2IN2O2. The number of amides is 1. The molecule has 0 unspecified atom stereocenters. The van der Waals surface area contributed by atoms with Gasteiger partial charge in [-0.25, -0.2) is 0 Å². The van der Waals surface area contributed by atoms with Crippen LogP contribution >= 0.6 is 54.5 Å². The number of carbonyl (C=O) groups excluding carboxylic acids is 1. The SMILES string of the molecule is Nc1cc(Br)cc(Br)c1NC(=O)c1cc(I)ccc1O. The first-order valence-electron chi connectivity index (χ1n) is 5.43. The fraction of sp³-hybridized carbons (Fsp3) is 0. The summed E-state index contributed by atoms with van der Waals surface area (Å²) in [5, 5.41) is 12.4. The monoisotopic (exact) mass is 510 g/mol. The Morgan fingerprint density at radius 1 is 1.25 bits per heavy atom. The number of rotatable bonds is 2. The number of hydrogen-bond acceptors (Lipinski definition) is 3. The second-order valence-corrected chi connectivity index (χ2v) is 6.98. The predicted molar refractivity (Wildman–Crippen MR) is 95.0 cm³/mol. The Labute approximate surface area is 146 Å². The lowest BCUT2D eigenvalue weighted by atomic mass is 10.2. The van der Waals surface area contributed by atoms with Crippen molar-refractivity contribution in [2.45, 2.75) is 0 Å². The first-order valence-corrected chi connectivity index (χ1v) is 8.09. The third-order valence-electron chi connectivity index (χ3n) is 2.53. The second kappa shape index (κ2) is 6.31. The molecule has 20 heavy (non-hydrogen) atoms. The van der Waals surface area contributed by atoms with E-state index in [2.05, 4.69) is 59.8 Å². The number of nitrogens with two attached hydrogens (primary N) is 1.